The minimum atomic E-state index is -3.67. The fourth-order valence-electron chi connectivity index (χ4n) is 1.23. The van der Waals surface area contributed by atoms with E-state index in [0.717, 1.165) is 0 Å². The van der Waals surface area contributed by atoms with Gasteiger partial charge in [-0.25, -0.2) is 13.4 Å². The van der Waals surface area contributed by atoms with Gasteiger partial charge in [-0.05, 0) is 24.3 Å². The van der Waals surface area contributed by atoms with Crippen LogP contribution in [0.2, 0.25) is 0 Å². The van der Waals surface area contributed by atoms with E-state index in [2.05, 4.69) is 14.7 Å². The molecule has 90 valence electrons. The maximum Gasteiger partial charge on any atom is 0.263 e. The summed E-state index contributed by atoms with van der Waals surface area (Å²) in [6.07, 6.45) is 4.08. The molecule has 0 bridgehead atoms. The van der Waals surface area contributed by atoms with Crippen molar-refractivity contribution in [2.75, 3.05) is 4.72 Å². The molecule has 0 saturated heterocycles. The third-order valence-electron chi connectivity index (χ3n) is 2.09. The Hall–Kier alpha value is -2.46. The molecule has 2 heterocycles. The Kier molecular flexibility index (Phi) is 3.21. The van der Waals surface area contributed by atoms with Crippen LogP contribution in [0.5, 0.6) is 0 Å². The van der Waals surface area contributed by atoms with Gasteiger partial charge in [0.25, 0.3) is 10.0 Å². The number of rotatable bonds is 3. The molecule has 2 aromatic heterocycles. The summed E-state index contributed by atoms with van der Waals surface area (Å²) in [5.74, 6) is 0.158. The topological polar surface area (TPSA) is 95.7 Å². The second-order valence-corrected chi connectivity index (χ2v) is 5.01. The molecule has 0 amide bonds. The van der Waals surface area contributed by atoms with Crippen LogP contribution in [-0.4, -0.2) is 18.4 Å². The molecule has 0 fully saturated rings. The van der Waals surface area contributed by atoms with Crippen molar-refractivity contribution in [1.29, 1.82) is 5.26 Å². The lowest BCUT2D eigenvalue weighted by molar-refractivity contribution is 0.601. The van der Waals surface area contributed by atoms with Gasteiger partial charge in [0.05, 0.1) is 10.5 Å². The van der Waals surface area contributed by atoms with E-state index in [-0.39, 0.29) is 10.7 Å². The molecule has 6 nitrogen and oxygen atoms in total. The van der Waals surface area contributed by atoms with Gasteiger partial charge in [0.15, 0.2) is 0 Å². The van der Waals surface area contributed by atoms with E-state index in [9.17, 15) is 8.42 Å². The highest BCUT2D eigenvalue weighted by Crippen LogP contribution is 2.13. The van der Waals surface area contributed by atoms with Crippen molar-refractivity contribution in [2.45, 2.75) is 4.90 Å². The Labute approximate surface area is 104 Å². The number of anilines is 1. The Bertz CT molecular complexity index is 675. The van der Waals surface area contributed by atoms with Gasteiger partial charge in [-0.2, -0.15) is 5.26 Å². The van der Waals surface area contributed by atoms with Crippen LogP contribution in [0.3, 0.4) is 0 Å². The van der Waals surface area contributed by atoms with Gasteiger partial charge in [-0.1, -0.05) is 0 Å². The van der Waals surface area contributed by atoms with E-state index in [1.54, 1.807) is 0 Å². The summed E-state index contributed by atoms with van der Waals surface area (Å²) >= 11 is 0. The third-order valence-corrected chi connectivity index (χ3v) is 3.46. The Morgan fingerprint density at radius 1 is 1.17 bits per heavy atom. The second-order valence-electron chi connectivity index (χ2n) is 3.33. The van der Waals surface area contributed by atoms with E-state index in [1.807, 2.05) is 6.07 Å². The van der Waals surface area contributed by atoms with Crippen LogP contribution in [0.25, 0.3) is 0 Å². The van der Waals surface area contributed by atoms with Gasteiger partial charge >= 0.3 is 0 Å². The molecular formula is C11H8N4O2S. The number of pyridine rings is 2. The maximum absolute atomic E-state index is 11.9. The highest BCUT2D eigenvalue weighted by Gasteiger charge is 2.13. The summed E-state index contributed by atoms with van der Waals surface area (Å²) in [7, 11) is -3.67. The smallest absolute Gasteiger partial charge is 0.263 e. The van der Waals surface area contributed by atoms with Crippen molar-refractivity contribution in [3.63, 3.8) is 0 Å². The van der Waals surface area contributed by atoms with Gasteiger partial charge in [0.2, 0.25) is 0 Å². The lowest BCUT2D eigenvalue weighted by Gasteiger charge is -2.06. The summed E-state index contributed by atoms with van der Waals surface area (Å²) in [5, 5.41) is 8.60. The first kappa shape index (κ1) is 12.0. The zero-order valence-electron chi connectivity index (χ0n) is 9.11. The summed E-state index contributed by atoms with van der Waals surface area (Å²) in [6.45, 7) is 0. The Balaban J connectivity index is 2.26. The first-order valence-electron chi connectivity index (χ1n) is 4.91. The maximum atomic E-state index is 11.9. The van der Waals surface area contributed by atoms with Crippen LogP contribution in [0, 0.1) is 11.3 Å². The standard InChI is InChI=1S/C11H8N4O2S/c12-7-9-1-2-11(14-8-9)15-18(16,17)10-3-5-13-6-4-10/h1-6,8H,(H,14,15). The summed E-state index contributed by atoms with van der Waals surface area (Å²) < 4.78 is 26.1. The molecule has 0 aliphatic carbocycles. The predicted molar refractivity (Wildman–Crippen MR) is 64.0 cm³/mol. The lowest BCUT2D eigenvalue weighted by atomic mass is 10.3. The number of aromatic nitrogens is 2. The molecule has 7 heteroatoms. The molecule has 0 radical (unpaired) electrons. The normalized spacial score (nSPS) is 10.6. The van der Waals surface area contributed by atoms with Crippen molar-refractivity contribution in [3.05, 3.63) is 48.4 Å². The fourth-order valence-corrected chi connectivity index (χ4v) is 2.23. The first-order valence-corrected chi connectivity index (χ1v) is 6.39. The summed E-state index contributed by atoms with van der Waals surface area (Å²) in [4.78, 5) is 7.68. The van der Waals surface area contributed by atoms with Gasteiger partial charge in [0, 0.05) is 18.6 Å². The zero-order chi connectivity index (χ0) is 13.0. The molecule has 0 aliphatic heterocycles. The van der Waals surface area contributed by atoms with Crippen LogP contribution < -0.4 is 4.72 Å². The van der Waals surface area contributed by atoms with E-state index in [1.165, 1.54) is 42.9 Å². The van der Waals surface area contributed by atoms with Crippen molar-refractivity contribution < 1.29 is 8.42 Å². The van der Waals surface area contributed by atoms with Gasteiger partial charge < -0.3 is 0 Å². The lowest BCUT2D eigenvalue weighted by Crippen LogP contribution is -2.13. The summed E-state index contributed by atoms with van der Waals surface area (Å²) in [6, 6.07) is 7.57. The monoisotopic (exact) mass is 260 g/mol. The molecule has 0 aliphatic rings. The van der Waals surface area contributed by atoms with Crippen molar-refractivity contribution >= 4 is 15.8 Å². The van der Waals surface area contributed by atoms with Crippen LogP contribution >= 0.6 is 0 Å². The van der Waals surface area contributed by atoms with Crippen molar-refractivity contribution in [2.24, 2.45) is 0 Å². The van der Waals surface area contributed by atoms with Gasteiger partial charge in [-0.15, -0.1) is 0 Å². The summed E-state index contributed by atoms with van der Waals surface area (Å²) in [5.41, 5.74) is 0.363. The molecule has 0 unspecified atom stereocenters. The third kappa shape index (κ3) is 2.61. The van der Waals surface area contributed by atoms with Crippen molar-refractivity contribution in [3.8, 4) is 6.07 Å². The fraction of sp³-hybridized carbons (Fsp3) is 0. The van der Waals surface area contributed by atoms with E-state index in [0.29, 0.717) is 5.56 Å². The molecule has 2 rings (SSSR count). The van der Waals surface area contributed by atoms with Gasteiger partial charge in [-0.3, -0.25) is 9.71 Å². The minimum Gasteiger partial charge on any atom is -0.265 e. The SMILES string of the molecule is N#Cc1ccc(NS(=O)(=O)c2ccncc2)nc1. The zero-order valence-corrected chi connectivity index (χ0v) is 9.92. The Morgan fingerprint density at radius 3 is 2.44 bits per heavy atom. The predicted octanol–water partition coefficient (Wildman–Crippen LogP) is 1.15. The van der Waals surface area contributed by atoms with E-state index < -0.39 is 10.0 Å². The molecule has 0 atom stereocenters. The van der Waals surface area contributed by atoms with Gasteiger partial charge in [0.1, 0.15) is 11.9 Å². The highest BCUT2D eigenvalue weighted by molar-refractivity contribution is 7.92. The average molecular weight is 260 g/mol. The molecule has 0 aromatic carbocycles. The number of nitrogens with zero attached hydrogens (tertiary/aromatic N) is 3. The number of nitrogens with one attached hydrogen (secondary N) is 1. The van der Waals surface area contributed by atoms with E-state index >= 15 is 0 Å². The Morgan fingerprint density at radius 2 is 1.89 bits per heavy atom. The molecular weight excluding hydrogens is 252 g/mol. The largest absolute Gasteiger partial charge is 0.265 e. The number of sulfonamides is 1. The van der Waals surface area contributed by atoms with Crippen LogP contribution in [0.1, 0.15) is 5.56 Å². The van der Waals surface area contributed by atoms with Crippen molar-refractivity contribution in [1.82, 2.24) is 9.97 Å². The molecule has 18 heavy (non-hydrogen) atoms. The molecule has 0 spiro atoms. The molecule has 0 saturated carbocycles. The highest BCUT2D eigenvalue weighted by atomic mass is 32.2. The van der Waals surface area contributed by atoms with Crippen LogP contribution in [0.4, 0.5) is 5.82 Å². The number of nitriles is 1. The molecule has 1 N–H and O–H groups in total. The van der Waals surface area contributed by atoms with Crippen LogP contribution in [0.15, 0.2) is 47.8 Å². The van der Waals surface area contributed by atoms with Crippen LogP contribution in [-0.2, 0) is 10.0 Å². The molecule has 2 aromatic rings. The number of hydrogen-bond acceptors (Lipinski definition) is 5. The minimum absolute atomic E-state index is 0.101. The quantitative estimate of drug-likeness (QED) is 0.893. The van der Waals surface area contributed by atoms with E-state index in [4.69, 9.17) is 5.26 Å². The second kappa shape index (κ2) is 4.81. The average Bonchev–Trinajstić information content (AvgIpc) is 2.40. The first-order chi connectivity index (χ1) is 8.62. The number of hydrogen-bond donors (Lipinski definition) is 1.